The summed E-state index contributed by atoms with van der Waals surface area (Å²) in [6, 6.07) is 4.23. The lowest BCUT2D eigenvalue weighted by molar-refractivity contribution is 0.631. The van der Waals surface area contributed by atoms with Crippen LogP contribution in [0.5, 0.6) is 0 Å². The van der Waals surface area contributed by atoms with E-state index in [-0.39, 0.29) is 0 Å². The monoisotopic (exact) mass is 279 g/mol. The van der Waals surface area contributed by atoms with E-state index in [1.807, 2.05) is 12.3 Å². The van der Waals surface area contributed by atoms with Crippen molar-refractivity contribution < 1.29 is 0 Å². The number of rotatable bonds is 5. The highest BCUT2D eigenvalue weighted by atomic mass is 32.2. The second-order valence-corrected chi connectivity index (χ2v) is 7.49. The van der Waals surface area contributed by atoms with E-state index in [4.69, 9.17) is 0 Å². The summed E-state index contributed by atoms with van der Waals surface area (Å²) in [5.41, 5.74) is 1.32. The smallest absolute Gasteiger partial charge is 0.133 e. The summed E-state index contributed by atoms with van der Waals surface area (Å²) in [4.78, 5) is 7.07. The molecule has 1 aromatic rings. The maximum Gasteiger partial charge on any atom is 0.133 e. The molecule has 0 radical (unpaired) electrons. The van der Waals surface area contributed by atoms with Crippen molar-refractivity contribution in [2.45, 2.75) is 38.5 Å². The van der Waals surface area contributed by atoms with E-state index in [2.05, 4.69) is 53.8 Å². The van der Waals surface area contributed by atoms with Crippen LogP contribution in [-0.2, 0) is 6.54 Å². The Morgan fingerprint density at radius 2 is 2.32 bits per heavy atom. The largest absolute Gasteiger partial charge is 0.354 e. The number of thioether (sulfide) groups is 1. The Labute approximate surface area is 121 Å². The van der Waals surface area contributed by atoms with Gasteiger partial charge in [-0.15, -0.1) is 0 Å². The SMILES string of the molecule is CCCNCc1cccnc1N1CCSC(C)(C)C1. The van der Waals surface area contributed by atoms with E-state index in [9.17, 15) is 0 Å². The van der Waals surface area contributed by atoms with Crippen molar-refractivity contribution in [3.63, 3.8) is 0 Å². The average molecular weight is 279 g/mol. The number of nitrogens with zero attached hydrogens (tertiary/aromatic N) is 2. The van der Waals surface area contributed by atoms with Gasteiger partial charge in [0.15, 0.2) is 0 Å². The van der Waals surface area contributed by atoms with E-state index in [0.29, 0.717) is 4.75 Å². The summed E-state index contributed by atoms with van der Waals surface area (Å²) in [5, 5.41) is 3.48. The average Bonchev–Trinajstić information content (AvgIpc) is 2.38. The molecule has 0 unspecified atom stereocenters. The zero-order chi connectivity index (χ0) is 13.7. The fourth-order valence-corrected chi connectivity index (χ4v) is 3.56. The van der Waals surface area contributed by atoms with Gasteiger partial charge in [-0.1, -0.05) is 13.0 Å². The first-order valence-electron chi connectivity index (χ1n) is 7.16. The Morgan fingerprint density at radius 3 is 3.05 bits per heavy atom. The highest BCUT2D eigenvalue weighted by molar-refractivity contribution is 8.00. The van der Waals surface area contributed by atoms with Crippen LogP contribution in [-0.4, -0.2) is 35.1 Å². The van der Waals surface area contributed by atoms with Gasteiger partial charge in [0.05, 0.1) is 0 Å². The van der Waals surface area contributed by atoms with Gasteiger partial charge < -0.3 is 10.2 Å². The maximum atomic E-state index is 4.62. The summed E-state index contributed by atoms with van der Waals surface area (Å²) in [5.74, 6) is 2.35. The minimum Gasteiger partial charge on any atom is -0.354 e. The number of anilines is 1. The highest BCUT2D eigenvalue weighted by Crippen LogP contribution is 2.32. The molecule has 4 heteroatoms. The molecule has 1 N–H and O–H groups in total. The molecule has 1 aliphatic heterocycles. The Kier molecular flexibility index (Phi) is 5.11. The van der Waals surface area contributed by atoms with Crippen molar-refractivity contribution in [1.29, 1.82) is 0 Å². The lowest BCUT2D eigenvalue weighted by atomic mass is 10.1. The first-order chi connectivity index (χ1) is 9.12. The molecule has 1 aromatic heterocycles. The number of nitrogens with one attached hydrogen (secondary N) is 1. The van der Waals surface area contributed by atoms with Crippen molar-refractivity contribution in [3.8, 4) is 0 Å². The molecule has 0 bridgehead atoms. The molecule has 1 fully saturated rings. The minimum atomic E-state index is 0.323. The summed E-state index contributed by atoms with van der Waals surface area (Å²) < 4.78 is 0.323. The van der Waals surface area contributed by atoms with E-state index in [1.165, 1.54) is 23.6 Å². The number of hydrogen-bond acceptors (Lipinski definition) is 4. The highest BCUT2D eigenvalue weighted by Gasteiger charge is 2.28. The van der Waals surface area contributed by atoms with E-state index in [0.717, 1.165) is 26.2 Å². The number of pyridine rings is 1. The molecule has 106 valence electrons. The molecule has 2 rings (SSSR count). The molecule has 3 nitrogen and oxygen atoms in total. The van der Waals surface area contributed by atoms with Crippen LogP contribution in [0.15, 0.2) is 18.3 Å². The molecule has 0 spiro atoms. The summed E-state index contributed by atoms with van der Waals surface area (Å²) in [6.45, 7) is 11.0. The maximum absolute atomic E-state index is 4.62. The van der Waals surface area contributed by atoms with Crippen molar-refractivity contribution in [1.82, 2.24) is 10.3 Å². The van der Waals surface area contributed by atoms with Crippen LogP contribution in [0.2, 0.25) is 0 Å². The molecule has 1 saturated heterocycles. The predicted molar refractivity (Wildman–Crippen MR) is 85.0 cm³/mol. The van der Waals surface area contributed by atoms with E-state index in [1.54, 1.807) is 0 Å². The molecule has 0 atom stereocenters. The van der Waals surface area contributed by atoms with Crippen LogP contribution in [0.4, 0.5) is 5.82 Å². The second-order valence-electron chi connectivity index (χ2n) is 5.69. The van der Waals surface area contributed by atoms with Gasteiger partial charge in [-0.05, 0) is 32.9 Å². The van der Waals surface area contributed by atoms with E-state index < -0.39 is 0 Å². The Balaban J connectivity index is 2.10. The molecule has 1 aliphatic rings. The van der Waals surface area contributed by atoms with Gasteiger partial charge in [-0.3, -0.25) is 0 Å². The van der Waals surface area contributed by atoms with Crippen LogP contribution in [0.1, 0.15) is 32.8 Å². The fraction of sp³-hybridized carbons (Fsp3) is 0.667. The molecular formula is C15H25N3S. The van der Waals surface area contributed by atoms with Crippen molar-refractivity contribution in [3.05, 3.63) is 23.9 Å². The minimum absolute atomic E-state index is 0.323. The van der Waals surface area contributed by atoms with Gasteiger partial charge in [0.2, 0.25) is 0 Å². The molecule has 19 heavy (non-hydrogen) atoms. The third-order valence-electron chi connectivity index (χ3n) is 3.33. The van der Waals surface area contributed by atoms with Crippen molar-refractivity contribution in [2.75, 3.05) is 30.3 Å². The van der Waals surface area contributed by atoms with Crippen LogP contribution < -0.4 is 10.2 Å². The molecule has 0 amide bonds. The Bertz CT molecular complexity index is 406. The van der Waals surface area contributed by atoms with Gasteiger partial charge in [-0.2, -0.15) is 11.8 Å². The summed E-state index contributed by atoms with van der Waals surface area (Å²) in [6.07, 6.45) is 3.08. The first-order valence-corrected chi connectivity index (χ1v) is 8.14. The van der Waals surface area contributed by atoms with Crippen LogP contribution in [0, 0.1) is 0 Å². The zero-order valence-electron chi connectivity index (χ0n) is 12.3. The third-order valence-corrected chi connectivity index (χ3v) is 4.63. The van der Waals surface area contributed by atoms with Crippen molar-refractivity contribution >= 4 is 17.6 Å². The molecule has 2 heterocycles. The zero-order valence-corrected chi connectivity index (χ0v) is 13.1. The standard InChI is InChI=1S/C15H25N3S/c1-4-7-16-11-13-6-5-8-17-14(13)18-9-10-19-15(2,3)12-18/h5-6,8,16H,4,7,9-12H2,1-3H3. The summed E-state index contributed by atoms with van der Waals surface area (Å²) in [7, 11) is 0. The normalized spacial score (nSPS) is 18.6. The molecule has 0 saturated carbocycles. The second kappa shape index (κ2) is 6.62. The van der Waals surface area contributed by atoms with E-state index >= 15 is 0 Å². The number of hydrogen-bond donors (Lipinski definition) is 1. The van der Waals surface area contributed by atoms with Gasteiger partial charge in [-0.25, -0.2) is 4.98 Å². The lowest BCUT2D eigenvalue weighted by Crippen LogP contribution is -2.44. The van der Waals surface area contributed by atoms with Crippen LogP contribution >= 0.6 is 11.8 Å². The van der Waals surface area contributed by atoms with Gasteiger partial charge in [0.25, 0.3) is 0 Å². The topological polar surface area (TPSA) is 28.2 Å². The first kappa shape index (κ1) is 14.7. The third kappa shape index (κ3) is 4.11. The quantitative estimate of drug-likeness (QED) is 0.839. The Hall–Kier alpha value is -0.740. The summed E-state index contributed by atoms with van der Waals surface area (Å²) >= 11 is 2.06. The Morgan fingerprint density at radius 1 is 1.47 bits per heavy atom. The van der Waals surface area contributed by atoms with Crippen molar-refractivity contribution in [2.24, 2.45) is 0 Å². The van der Waals surface area contributed by atoms with Crippen LogP contribution in [0.25, 0.3) is 0 Å². The lowest BCUT2D eigenvalue weighted by Gasteiger charge is -2.39. The molecule has 0 aromatic carbocycles. The predicted octanol–water partition coefficient (Wildman–Crippen LogP) is 2.91. The molecular weight excluding hydrogens is 254 g/mol. The van der Waals surface area contributed by atoms with Gasteiger partial charge in [0.1, 0.15) is 5.82 Å². The number of aromatic nitrogens is 1. The van der Waals surface area contributed by atoms with Gasteiger partial charge >= 0.3 is 0 Å². The fourth-order valence-electron chi connectivity index (χ4n) is 2.45. The van der Waals surface area contributed by atoms with Crippen LogP contribution in [0.3, 0.4) is 0 Å². The molecule has 0 aliphatic carbocycles. The van der Waals surface area contributed by atoms with Gasteiger partial charge in [0, 0.05) is 41.9 Å².